The van der Waals surface area contributed by atoms with Crippen molar-refractivity contribution in [3.8, 4) is 0 Å². The second kappa shape index (κ2) is 17.0. The number of fused-ring (bicyclic) bond motifs is 1. The minimum Gasteiger partial charge on any atom is -0.482 e. The van der Waals surface area contributed by atoms with Gasteiger partial charge in [-0.15, -0.1) is 0 Å². The summed E-state index contributed by atoms with van der Waals surface area (Å²) < 4.78 is 40.4. The molecule has 18 heteroatoms. The number of alkyl carbamates (subject to hydrolysis) is 1. The van der Waals surface area contributed by atoms with Crippen LogP contribution in [0.3, 0.4) is 0 Å². The van der Waals surface area contributed by atoms with E-state index in [0.717, 1.165) is 10.5 Å². The van der Waals surface area contributed by atoms with E-state index in [1.54, 1.807) is 54.6 Å². The predicted octanol–water partition coefficient (Wildman–Crippen LogP) is 3.71. The molecule has 0 bridgehead atoms. The minimum absolute atomic E-state index is 0.00958. The Bertz CT molecular complexity index is 1930. The van der Waals surface area contributed by atoms with E-state index in [4.69, 9.17) is 23.7 Å². The van der Waals surface area contributed by atoms with Gasteiger partial charge in [0.05, 0.1) is 11.5 Å². The fourth-order valence-corrected chi connectivity index (χ4v) is 6.85. The van der Waals surface area contributed by atoms with Crippen LogP contribution in [0.5, 0.6) is 0 Å². The zero-order chi connectivity index (χ0) is 37.2. The van der Waals surface area contributed by atoms with Crippen molar-refractivity contribution in [2.45, 2.75) is 38.2 Å². The first-order valence-electron chi connectivity index (χ1n) is 15.6. The number of carbonyl (C=O) groups is 4. The highest BCUT2D eigenvalue weighted by molar-refractivity contribution is 8.01. The Balaban J connectivity index is 1.28. The van der Waals surface area contributed by atoms with Gasteiger partial charge in [0.15, 0.2) is 16.5 Å². The smallest absolute Gasteiger partial charge is 0.482 e. The highest BCUT2D eigenvalue weighted by Gasteiger charge is 2.64. The van der Waals surface area contributed by atoms with E-state index < -0.39 is 73.7 Å². The summed E-state index contributed by atoms with van der Waals surface area (Å²) in [6.45, 7) is 0.350. The standard InChI is InChI=1S/C34H31N5O12S/c1-21(51-34(43)50-20-24-12-14-25(15-13-24)39(44)45)26-30(40)38-27(32(41)48-18-22-8-4-2-5-9-22)28(29(37-35)52(46)31(26)38)47-17-16-36-33(42)49-19-23-10-6-3-7-11-23/h2-15,21,26,31H,16-20H2,1H3,(H,36,42)/t21?,26-,31+,52?/m0/s1. The van der Waals surface area contributed by atoms with Gasteiger partial charge in [-0.25, -0.2) is 18.6 Å². The molecule has 4 atom stereocenters. The molecular weight excluding hydrogens is 702 g/mol. The predicted molar refractivity (Wildman–Crippen MR) is 179 cm³/mol. The third-order valence-electron chi connectivity index (χ3n) is 7.76. The van der Waals surface area contributed by atoms with Crippen LogP contribution < -0.4 is 5.32 Å². The molecule has 0 spiro atoms. The normalized spacial score (nSPS) is 18.2. The van der Waals surface area contributed by atoms with E-state index in [0.29, 0.717) is 11.1 Å². The van der Waals surface area contributed by atoms with E-state index in [1.807, 2.05) is 6.07 Å². The van der Waals surface area contributed by atoms with Gasteiger partial charge >= 0.3 is 23.3 Å². The van der Waals surface area contributed by atoms with Crippen LogP contribution in [0.15, 0.2) is 96.4 Å². The first-order chi connectivity index (χ1) is 25.1. The van der Waals surface area contributed by atoms with Gasteiger partial charge < -0.3 is 34.5 Å². The van der Waals surface area contributed by atoms with Crippen LogP contribution in [-0.2, 0) is 63.9 Å². The molecule has 3 aromatic rings. The van der Waals surface area contributed by atoms with E-state index >= 15 is 0 Å². The second-order valence-corrected chi connectivity index (χ2v) is 12.7. The van der Waals surface area contributed by atoms with Crippen LogP contribution in [0.4, 0.5) is 15.3 Å². The molecule has 2 amide bonds. The van der Waals surface area contributed by atoms with Gasteiger partial charge in [-0.2, -0.15) is 4.79 Å². The fourth-order valence-electron chi connectivity index (χ4n) is 5.20. The average Bonchev–Trinajstić information content (AvgIpc) is 3.15. The lowest BCUT2D eigenvalue weighted by Crippen LogP contribution is -2.69. The van der Waals surface area contributed by atoms with Gasteiger partial charge in [0, 0.05) is 12.1 Å². The molecular formula is C34H31N5O12S. The molecule has 0 radical (unpaired) electrons. The fraction of sp³-hybridized carbons (Fsp3) is 0.265. The van der Waals surface area contributed by atoms with Crippen molar-refractivity contribution in [1.29, 1.82) is 0 Å². The van der Waals surface area contributed by atoms with E-state index in [-0.39, 0.29) is 38.7 Å². The lowest BCUT2D eigenvalue weighted by molar-refractivity contribution is -0.384. The number of benzene rings is 3. The summed E-state index contributed by atoms with van der Waals surface area (Å²) in [6, 6.07) is 22.8. The summed E-state index contributed by atoms with van der Waals surface area (Å²) in [5.74, 6) is -3.64. The number of nitrogens with zero attached hydrogens (tertiary/aromatic N) is 4. The van der Waals surface area contributed by atoms with Crippen molar-refractivity contribution in [3.63, 3.8) is 0 Å². The maximum Gasteiger partial charge on any atom is 0.508 e. The van der Waals surface area contributed by atoms with Gasteiger partial charge in [0.2, 0.25) is 5.91 Å². The Morgan fingerprint density at radius 3 is 2.10 bits per heavy atom. The molecule has 2 heterocycles. The monoisotopic (exact) mass is 733 g/mol. The number of carbonyl (C=O) groups excluding carboxylic acids is 4. The number of nitrogens with one attached hydrogen (secondary N) is 1. The number of nitro groups is 1. The highest BCUT2D eigenvalue weighted by atomic mass is 32.2. The quantitative estimate of drug-likeness (QED) is 0.0366. The largest absolute Gasteiger partial charge is 0.508 e. The van der Waals surface area contributed by atoms with Crippen LogP contribution in [-0.4, -0.2) is 72.6 Å². The summed E-state index contributed by atoms with van der Waals surface area (Å²) in [6.07, 6.45) is -3.20. The van der Waals surface area contributed by atoms with Gasteiger partial charge in [-0.05, 0) is 35.7 Å². The van der Waals surface area contributed by atoms with Gasteiger partial charge in [0.25, 0.3) is 11.4 Å². The van der Waals surface area contributed by atoms with Crippen LogP contribution in [0.25, 0.3) is 5.53 Å². The van der Waals surface area contributed by atoms with E-state index in [1.165, 1.54) is 31.2 Å². The first-order valence-corrected chi connectivity index (χ1v) is 16.9. The molecule has 1 saturated heterocycles. The van der Waals surface area contributed by atoms with Crippen molar-refractivity contribution >= 4 is 45.7 Å². The van der Waals surface area contributed by atoms with Crippen LogP contribution in [0, 0.1) is 16.0 Å². The zero-order valence-corrected chi connectivity index (χ0v) is 28.3. The Morgan fingerprint density at radius 1 is 0.923 bits per heavy atom. The number of nitro benzene ring substituents is 1. The Morgan fingerprint density at radius 2 is 1.50 bits per heavy atom. The number of non-ortho nitro benzene ring substituents is 1. The molecule has 5 rings (SSSR count). The van der Waals surface area contributed by atoms with Crippen molar-refractivity contribution < 1.29 is 56.8 Å². The SMILES string of the molecule is CC(OC(=O)OCc1ccc([N+](=O)[O-])cc1)[C@H]1C(=O)N2C(C(=O)OCc3ccccc3)=C(OCCNC(=O)OCc3ccccc3)C(=[N+]=[N-])S(=O)[C@H]12. The molecule has 1 fully saturated rings. The van der Waals surface area contributed by atoms with Crippen molar-refractivity contribution in [2.24, 2.45) is 5.92 Å². The molecule has 2 aliphatic rings. The van der Waals surface area contributed by atoms with Gasteiger partial charge in [-0.1, -0.05) is 60.7 Å². The summed E-state index contributed by atoms with van der Waals surface area (Å²) in [7, 11) is -2.32. The maximum atomic E-state index is 13.7. The molecule has 0 aliphatic carbocycles. The molecule has 52 heavy (non-hydrogen) atoms. The first kappa shape index (κ1) is 36.9. The van der Waals surface area contributed by atoms with Crippen molar-refractivity contribution in [1.82, 2.24) is 10.2 Å². The Hall–Kier alpha value is -6.39. The maximum absolute atomic E-state index is 13.7. The second-order valence-electron chi connectivity index (χ2n) is 11.2. The summed E-state index contributed by atoms with van der Waals surface area (Å²) in [5.41, 5.74) is 11.1. The van der Waals surface area contributed by atoms with Crippen LogP contribution in [0.1, 0.15) is 23.6 Å². The molecule has 0 aromatic heterocycles. The summed E-state index contributed by atoms with van der Waals surface area (Å²) in [4.78, 5) is 66.1. The lowest BCUT2D eigenvalue weighted by atomic mass is 9.91. The van der Waals surface area contributed by atoms with E-state index in [9.17, 15) is 39.0 Å². The minimum atomic E-state index is -2.32. The summed E-state index contributed by atoms with van der Waals surface area (Å²) >= 11 is 0. The number of hydrogen-bond acceptors (Lipinski definition) is 12. The van der Waals surface area contributed by atoms with Crippen molar-refractivity contribution in [3.05, 3.63) is 129 Å². The number of hydrogen-bond donors (Lipinski definition) is 1. The zero-order valence-electron chi connectivity index (χ0n) is 27.4. The molecule has 270 valence electrons. The highest BCUT2D eigenvalue weighted by Crippen LogP contribution is 2.42. The third-order valence-corrected chi connectivity index (χ3v) is 9.35. The number of β-lactam (4-membered cyclic amide) rings is 1. The molecule has 3 aromatic carbocycles. The number of esters is 1. The molecule has 2 unspecified atom stereocenters. The summed E-state index contributed by atoms with van der Waals surface area (Å²) in [5, 5.41) is 11.4. The average molecular weight is 734 g/mol. The van der Waals surface area contributed by atoms with Gasteiger partial charge in [-0.3, -0.25) is 19.8 Å². The van der Waals surface area contributed by atoms with Crippen LogP contribution in [0.2, 0.25) is 0 Å². The Kier molecular flexibility index (Phi) is 12.1. The lowest BCUT2D eigenvalue weighted by Gasteiger charge is -2.48. The number of ether oxygens (including phenoxy) is 5. The molecule has 0 saturated carbocycles. The van der Waals surface area contributed by atoms with Gasteiger partial charge in [0.1, 0.15) is 43.8 Å². The van der Waals surface area contributed by atoms with E-state index in [2.05, 4.69) is 10.1 Å². The third kappa shape index (κ3) is 8.66. The molecule has 2 aliphatic heterocycles. The number of amides is 2. The molecule has 1 N–H and O–H groups in total. The topological polar surface area (TPSA) is 226 Å². The van der Waals surface area contributed by atoms with Crippen molar-refractivity contribution in [2.75, 3.05) is 13.2 Å². The van der Waals surface area contributed by atoms with Crippen LogP contribution >= 0.6 is 0 Å². The number of rotatable bonds is 14. The molecule has 17 nitrogen and oxygen atoms in total. The Labute approximate surface area is 298 Å².